The molecule has 3 heterocycles. The van der Waals surface area contributed by atoms with Crippen LogP contribution in [0.3, 0.4) is 0 Å². The number of nitrogens with one attached hydrogen (secondary N) is 1. The molecule has 0 radical (unpaired) electrons. The second-order valence-electron chi connectivity index (χ2n) is 8.60. The van der Waals surface area contributed by atoms with Gasteiger partial charge in [0.2, 0.25) is 0 Å². The summed E-state index contributed by atoms with van der Waals surface area (Å²) in [5.74, 6) is 0.805. The largest absolute Gasteiger partial charge is 0.431 e. The number of hydrogen-bond donors (Lipinski definition) is 2. The third-order valence-electron chi connectivity index (χ3n) is 5.57. The SMILES string of the molecule is C[C@H](Cn1cnc2c(N)ncnc21)OCP(=O)(N[C@@H](C)C1OCCCCCO1)Oc1ccccc1. The lowest BCUT2D eigenvalue weighted by Gasteiger charge is -2.30. The van der Waals surface area contributed by atoms with Crippen molar-refractivity contribution in [1.82, 2.24) is 24.6 Å². The molecule has 4 rings (SSSR count). The van der Waals surface area contributed by atoms with E-state index in [0.29, 0.717) is 42.5 Å². The maximum atomic E-state index is 13.9. The molecule has 3 aromatic rings. The second-order valence-corrected chi connectivity index (χ2v) is 10.6. The number of nitrogens with two attached hydrogens (primary N) is 1. The minimum atomic E-state index is -3.49. The van der Waals surface area contributed by atoms with E-state index in [1.54, 1.807) is 18.5 Å². The second kappa shape index (κ2) is 11.9. The van der Waals surface area contributed by atoms with Crippen LogP contribution in [0.5, 0.6) is 5.75 Å². The third kappa shape index (κ3) is 6.99. The summed E-state index contributed by atoms with van der Waals surface area (Å²) in [7, 11) is -3.49. The first-order valence-electron chi connectivity index (χ1n) is 11.8. The van der Waals surface area contributed by atoms with Crippen LogP contribution in [0.4, 0.5) is 5.82 Å². The molecule has 2 aromatic heterocycles. The van der Waals surface area contributed by atoms with Crippen LogP contribution in [0.2, 0.25) is 0 Å². The first kappa shape index (κ1) is 25.5. The number of hydrogen-bond acceptors (Lipinski definition) is 9. The van der Waals surface area contributed by atoms with E-state index >= 15 is 0 Å². The topological polar surface area (TPSA) is 136 Å². The number of aromatic nitrogens is 4. The van der Waals surface area contributed by atoms with Crippen LogP contribution in [0.1, 0.15) is 33.1 Å². The molecule has 0 aliphatic carbocycles. The fourth-order valence-corrected chi connectivity index (χ4v) is 5.65. The highest BCUT2D eigenvalue weighted by Gasteiger charge is 2.32. The van der Waals surface area contributed by atoms with E-state index in [-0.39, 0.29) is 18.5 Å². The molecule has 0 bridgehead atoms. The molecule has 1 aliphatic heterocycles. The van der Waals surface area contributed by atoms with Crippen molar-refractivity contribution < 1.29 is 23.3 Å². The van der Waals surface area contributed by atoms with Gasteiger partial charge in [0.25, 0.3) is 0 Å². The molecule has 0 amide bonds. The van der Waals surface area contributed by atoms with Crippen molar-refractivity contribution in [3.63, 3.8) is 0 Å². The highest BCUT2D eigenvalue weighted by Crippen LogP contribution is 2.44. The van der Waals surface area contributed by atoms with Gasteiger partial charge in [-0.05, 0) is 45.2 Å². The molecule has 35 heavy (non-hydrogen) atoms. The van der Waals surface area contributed by atoms with Gasteiger partial charge in [0.15, 0.2) is 17.8 Å². The molecule has 0 saturated carbocycles. The third-order valence-corrected chi connectivity index (χ3v) is 7.37. The number of nitrogen functional groups attached to an aromatic ring is 1. The first-order valence-corrected chi connectivity index (χ1v) is 13.6. The monoisotopic (exact) mass is 504 g/mol. The highest BCUT2D eigenvalue weighted by atomic mass is 31.2. The van der Waals surface area contributed by atoms with Gasteiger partial charge in [-0.25, -0.2) is 20.0 Å². The van der Waals surface area contributed by atoms with Crippen LogP contribution in [-0.2, 0) is 25.3 Å². The Kier molecular flexibility index (Phi) is 8.69. The molecule has 12 heteroatoms. The molecule has 1 saturated heterocycles. The summed E-state index contributed by atoms with van der Waals surface area (Å²) in [5.41, 5.74) is 7.02. The first-order chi connectivity index (χ1) is 16.9. The van der Waals surface area contributed by atoms with Crippen molar-refractivity contribution in [3.8, 4) is 5.75 Å². The summed E-state index contributed by atoms with van der Waals surface area (Å²) in [6.07, 6.45) is 5.07. The highest BCUT2D eigenvalue weighted by molar-refractivity contribution is 7.57. The zero-order valence-corrected chi connectivity index (χ0v) is 21.0. The quantitative estimate of drug-likeness (QED) is 0.394. The van der Waals surface area contributed by atoms with Crippen molar-refractivity contribution in [3.05, 3.63) is 43.0 Å². The molecule has 190 valence electrons. The van der Waals surface area contributed by atoms with Gasteiger partial charge in [0.05, 0.1) is 25.0 Å². The van der Waals surface area contributed by atoms with Gasteiger partial charge in [-0.2, -0.15) is 0 Å². The van der Waals surface area contributed by atoms with E-state index in [9.17, 15) is 4.57 Å². The molecule has 3 N–H and O–H groups in total. The van der Waals surface area contributed by atoms with Gasteiger partial charge >= 0.3 is 7.52 Å². The van der Waals surface area contributed by atoms with E-state index in [0.717, 1.165) is 19.3 Å². The normalized spacial score (nSPS) is 18.9. The maximum absolute atomic E-state index is 13.9. The Labute approximate surface area is 204 Å². The number of para-hydroxylation sites is 1. The van der Waals surface area contributed by atoms with Crippen LogP contribution < -0.4 is 15.3 Å². The Morgan fingerprint density at radius 3 is 2.63 bits per heavy atom. The van der Waals surface area contributed by atoms with Crippen molar-refractivity contribution in [2.24, 2.45) is 0 Å². The maximum Gasteiger partial charge on any atom is 0.342 e. The average molecular weight is 505 g/mol. The van der Waals surface area contributed by atoms with Gasteiger partial charge < -0.3 is 29.0 Å². The lowest BCUT2D eigenvalue weighted by atomic mass is 10.2. The Bertz CT molecular complexity index is 1120. The minimum Gasteiger partial charge on any atom is -0.431 e. The summed E-state index contributed by atoms with van der Waals surface area (Å²) >= 11 is 0. The molecule has 11 nitrogen and oxygen atoms in total. The fourth-order valence-electron chi connectivity index (χ4n) is 3.82. The molecular weight excluding hydrogens is 471 g/mol. The van der Waals surface area contributed by atoms with Crippen molar-refractivity contribution in [2.45, 2.75) is 58.1 Å². The van der Waals surface area contributed by atoms with Gasteiger partial charge in [-0.3, -0.25) is 4.57 Å². The molecule has 1 unspecified atom stereocenters. The number of ether oxygens (including phenoxy) is 3. The van der Waals surface area contributed by atoms with Gasteiger partial charge in [-0.15, -0.1) is 0 Å². The van der Waals surface area contributed by atoms with Gasteiger partial charge in [-0.1, -0.05) is 18.2 Å². The lowest BCUT2D eigenvalue weighted by Crippen LogP contribution is -2.41. The van der Waals surface area contributed by atoms with Gasteiger partial charge in [0, 0.05) is 13.2 Å². The van der Waals surface area contributed by atoms with E-state index < -0.39 is 13.8 Å². The minimum absolute atomic E-state index is 0.149. The Morgan fingerprint density at radius 2 is 1.89 bits per heavy atom. The average Bonchev–Trinajstić information content (AvgIpc) is 3.22. The molecule has 3 atom stereocenters. The number of imidazole rings is 1. The van der Waals surface area contributed by atoms with Crippen LogP contribution in [0, 0.1) is 0 Å². The molecular formula is C23H33N6O5P. The van der Waals surface area contributed by atoms with Crippen LogP contribution in [0.25, 0.3) is 11.2 Å². The molecule has 1 aliphatic rings. The predicted octanol–water partition coefficient (Wildman–Crippen LogP) is 3.56. The Morgan fingerprint density at radius 1 is 1.14 bits per heavy atom. The zero-order valence-electron chi connectivity index (χ0n) is 20.1. The Hall–Kier alpha value is -2.56. The van der Waals surface area contributed by atoms with E-state index in [1.165, 1.54) is 6.33 Å². The summed E-state index contributed by atoms with van der Waals surface area (Å²) in [4.78, 5) is 12.5. The Balaban J connectivity index is 1.43. The number of benzene rings is 1. The lowest BCUT2D eigenvalue weighted by molar-refractivity contribution is -0.162. The summed E-state index contributed by atoms with van der Waals surface area (Å²) < 4.78 is 39.4. The van der Waals surface area contributed by atoms with E-state index in [1.807, 2.05) is 36.6 Å². The van der Waals surface area contributed by atoms with Gasteiger partial charge in [0.1, 0.15) is 23.9 Å². The molecule has 1 fully saturated rings. The van der Waals surface area contributed by atoms with Crippen molar-refractivity contribution in [2.75, 3.05) is 25.3 Å². The number of nitrogens with zero attached hydrogens (tertiary/aromatic N) is 4. The summed E-state index contributed by atoms with van der Waals surface area (Å²) in [6.45, 7) is 5.39. The van der Waals surface area contributed by atoms with Crippen LogP contribution in [-0.4, -0.2) is 57.5 Å². The van der Waals surface area contributed by atoms with E-state index in [2.05, 4.69) is 20.0 Å². The zero-order chi connectivity index (χ0) is 24.7. The van der Waals surface area contributed by atoms with Crippen molar-refractivity contribution >= 4 is 24.5 Å². The van der Waals surface area contributed by atoms with E-state index in [4.69, 9.17) is 24.5 Å². The molecule has 0 spiro atoms. The predicted molar refractivity (Wildman–Crippen MR) is 132 cm³/mol. The summed E-state index contributed by atoms with van der Waals surface area (Å²) in [5, 5.41) is 3.11. The van der Waals surface area contributed by atoms with Crippen LogP contribution in [0.15, 0.2) is 43.0 Å². The standard InChI is InChI=1S/C23H33N6O5P/c1-17(13-29-15-27-20-21(24)25-14-26-22(20)29)33-16-35(30,34-19-9-5-3-6-10-19)28-18(2)23-31-11-7-4-8-12-32-23/h3,5-6,9-10,14-15,17-18,23H,4,7-8,11-13,16H2,1-2H3,(H,28,30)(H2,24,25,26)/t17-,18+,35?/m1/s1. The number of rotatable bonds is 10. The number of anilines is 1. The van der Waals surface area contributed by atoms with Crippen molar-refractivity contribution in [1.29, 1.82) is 0 Å². The summed E-state index contributed by atoms with van der Waals surface area (Å²) in [6, 6.07) is 8.66. The smallest absolute Gasteiger partial charge is 0.342 e. The molecule has 1 aromatic carbocycles. The fraction of sp³-hybridized carbons (Fsp3) is 0.522. The number of fused-ring (bicyclic) bond motifs is 1. The van der Waals surface area contributed by atoms with Crippen LogP contribution >= 0.6 is 7.52 Å².